The number of hydrogen-bond acceptors (Lipinski definition) is 11. The number of hydrogen-bond donors (Lipinski definition) is 6. The zero-order valence-electron chi connectivity index (χ0n) is 23.8. The molecule has 13 nitrogen and oxygen atoms in total. The van der Waals surface area contributed by atoms with Gasteiger partial charge in [0.2, 0.25) is 17.4 Å². The van der Waals surface area contributed by atoms with Crippen molar-refractivity contribution >= 4 is 34.8 Å². The Hall–Kier alpha value is -4.56. The van der Waals surface area contributed by atoms with Crippen molar-refractivity contribution in [1.29, 1.82) is 0 Å². The van der Waals surface area contributed by atoms with E-state index >= 15 is 0 Å². The molecule has 44 heavy (non-hydrogen) atoms. The molecule has 0 aromatic heterocycles. The van der Waals surface area contributed by atoms with E-state index in [2.05, 4.69) is 5.32 Å². The molecule has 2 aromatic rings. The van der Waals surface area contributed by atoms with Gasteiger partial charge in [0.25, 0.3) is 5.91 Å². The molecule has 1 aliphatic heterocycles. The number of aliphatic hydroxyl groups is 3. The van der Waals surface area contributed by atoms with E-state index in [-0.39, 0.29) is 42.1 Å². The van der Waals surface area contributed by atoms with Gasteiger partial charge in [-0.15, -0.1) is 0 Å². The fourth-order valence-corrected chi connectivity index (χ4v) is 7.17. The Labute approximate surface area is 251 Å². The van der Waals surface area contributed by atoms with Gasteiger partial charge in [0.1, 0.15) is 24.0 Å². The number of phenols is 1. The number of anilines is 1. The molecule has 2 fully saturated rings. The first-order chi connectivity index (χ1) is 20.9. The van der Waals surface area contributed by atoms with Crippen molar-refractivity contribution in [2.24, 2.45) is 23.5 Å². The van der Waals surface area contributed by atoms with Crippen molar-refractivity contribution in [3.05, 3.63) is 64.9 Å². The molecule has 1 heterocycles. The lowest BCUT2D eigenvalue weighted by molar-refractivity contribution is -0.233. The number of nitrogens with one attached hydrogen (secondary N) is 1. The summed E-state index contributed by atoms with van der Waals surface area (Å²) in [5, 5.41) is 47.8. The molecule has 0 radical (unpaired) electrons. The number of fused-ring (bicyclic) bond motifs is 3. The second-order valence-electron chi connectivity index (χ2n) is 11.7. The minimum Gasteiger partial charge on any atom is -0.507 e. The van der Waals surface area contributed by atoms with Crippen molar-refractivity contribution in [3.8, 4) is 16.9 Å². The molecule has 7 N–H and O–H groups in total. The molecule has 2 amide bonds. The van der Waals surface area contributed by atoms with Crippen molar-refractivity contribution in [2.75, 3.05) is 26.0 Å². The molecule has 6 rings (SSSR count). The first-order valence-electron chi connectivity index (χ1n) is 14.0. The SMILES string of the molecule is CN(C)[C@H]1C(O)C(C(N)=O)C(=O)[C@]2(O)C(=O)C3=C(O)c4c(O)ccc(-c5ccc(NC(=O)C6=CCOO6)cc5)c4C[C@@H]3C[C@H]12. The van der Waals surface area contributed by atoms with Crippen molar-refractivity contribution < 1.29 is 49.4 Å². The molecule has 13 heteroatoms. The summed E-state index contributed by atoms with van der Waals surface area (Å²) in [7, 11) is 3.19. The third-order valence-electron chi connectivity index (χ3n) is 9.14. The van der Waals surface area contributed by atoms with Crippen LogP contribution >= 0.6 is 0 Å². The number of likely N-dealkylation sites (N-methyl/N-ethyl adjacent to an activating group) is 1. The summed E-state index contributed by atoms with van der Waals surface area (Å²) in [5.41, 5.74) is 4.82. The largest absolute Gasteiger partial charge is 0.507 e. The lowest BCUT2D eigenvalue weighted by atomic mass is 9.54. The topological polar surface area (TPSA) is 209 Å². The van der Waals surface area contributed by atoms with Crippen molar-refractivity contribution in [2.45, 2.75) is 30.6 Å². The molecule has 2 unspecified atom stereocenters. The number of aromatic hydroxyl groups is 1. The Morgan fingerprint density at radius 3 is 2.41 bits per heavy atom. The Kier molecular flexibility index (Phi) is 7.08. The predicted molar refractivity (Wildman–Crippen MR) is 153 cm³/mol. The number of primary amides is 1. The number of Topliss-reactive ketones (excluding diaryl/α,β-unsaturated/α-hetero) is 2. The number of nitrogens with zero attached hydrogens (tertiary/aromatic N) is 1. The standard InChI is InChI=1S/C31H31N3O10/c1-34(2)24-18-12-14-11-17-16(13-3-5-15(6-4-13)33-30(41)20-9-10-43-44-20)7-8-19(35)22(17)25(36)21(14)27(38)31(18,42)28(39)23(26(24)37)29(32)40/h3-9,14,18,23-24,26,35-37,42H,10-12H2,1-2H3,(H2,32,40)(H,33,41)/t14-,18-,23?,24-,26?,31-/m1/s1. The Balaban J connectivity index is 1.40. The van der Waals surface area contributed by atoms with Gasteiger partial charge in [-0.25, -0.2) is 0 Å². The Bertz CT molecular complexity index is 1660. The highest BCUT2D eigenvalue weighted by molar-refractivity contribution is 6.25. The average molecular weight is 606 g/mol. The van der Waals surface area contributed by atoms with Gasteiger partial charge < -0.3 is 41.3 Å². The summed E-state index contributed by atoms with van der Waals surface area (Å²) in [5.74, 6) is -8.39. The summed E-state index contributed by atoms with van der Waals surface area (Å²) in [6.07, 6.45) is 0.105. The summed E-state index contributed by atoms with van der Waals surface area (Å²) in [6.45, 7) is 0.171. The summed E-state index contributed by atoms with van der Waals surface area (Å²) < 4.78 is 0. The lowest BCUT2D eigenvalue weighted by Gasteiger charge is -2.53. The van der Waals surface area contributed by atoms with Gasteiger partial charge >= 0.3 is 0 Å². The maximum Gasteiger partial charge on any atom is 0.294 e. The minimum atomic E-state index is -2.72. The Morgan fingerprint density at radius 1 is 1.09 bits per heavy atom. The molecule has 4 aliphatic rings. The smallest absolute Gasteiger partial charge is 0.294 e. The molecule has 2 aromatic carbocycles. The van der Waals surface area contributed by atoms with Crippen LogP contribution in [0.15, 0.2) is 53.8 Å². The fourth-order valence-electron chi connectivity index (χ4n) is 7.17. The Morgan fingerprint density at radius 2 is 1.80 bits per heavy atom. The highest BCUT2D eigenvalue weighted by Crippen LogP contribution is 2.53. The molecule has 2 saturated carbocycles. The zero-order chi connectivity index (χ0) is 31.7. The first kappa shape index (κ1) is 29.5. The fraction of sp³-hybridized carbons (Fsp3) is 0.355. The normalized spacial score (nSPS) is 29.4. The van der Waals surface area contributed by atoms with E-state index in [1.807, 2.05) is 0 Å². The van der Waals surface area contributed by atoms with E-state index in [1.54, 1.807) is 49.3 Å². The molecule has 0 bridgehead atoms. The number of carbonyl (C=O) groups is 4. The first-order valence-corrected chi connectivity index (χ1v) is 14.0. The number of carbonyl (C=O) groups excluding carboxylic acids is 4. The molecule has 3 aliphatic carbocycles. The third-order valence-corrected chi connectivity index (χ3v) is 9.14. The van der Waals surface area contributed by atoms with Crippen LogP contribution < -0.4 is 11.1 Å². The summed E-state index contributed by atoms with van der Waals surface area (Å²) in [4.78, 5) is 63.0. The van der Waals surface area contributed by atoms with Crippen LogP contribution in [0.25, 0.3) is 16.9 Å². The maximum absolute atomic E-state index is 14.0. The van der Waals surface area contributed by atoms with Gasteiger partial charge in [-0.1, -0.05) is 18.2 Å². The van der Waals surface area contributed by atoms with Gasteiger partial charge in [0, 0.05) is 23.2 Å². The second-order valence-corrected chi connectivity index (χ2v) is 11.7. The number of nitrogens with two attached hydrogens (primary N) is 1. The van der Waals surface area contributed by atoms with Crippen LogP contribution in [0.4, 0.5) is 5.69 Å². The van der Waals surface area contributed by atoms with E-state index in [4.69, 9.17) is 15.5 Å². The molecule has 230 valence electrons. The van der Waals surface area contributed by atoms with Crippen molar-refractivity contribution in [3.63, 3.8) is 0 Å². The second kappa shape index (κ2) is 10.6. The van der Waals surface area contributed by atoms with E-state index in [9.17, 15) is 39.6 Å². The summed E-state index contributed by atoms with van der Waals surface area (Å²) in [6, 6.07) is 8.88. The average Bonchev–Trinajstić information content (AvgIpc) is 3.51. The number of ketones is 2. The van der Waals surface area contributed by atoms with Crippen LogP contribution in [0.5, 0.6) is 5.75 Å². The van der Waals surface area contributed by atoms with Crippen LogP contribution in [0, 0.1) is 17.8 Å². The van der Waals surface area contributed by atoms with Gasteiger partial charge in [-0.05, 0) is 73.8 Å². The maximum atomic E-state index is 14.0. The van der Waals surface area contributed by atoms with Crippen LogP contribution in [0.2, 0.25) is 0 Å². The number of phenolic OH excluding ortho intramolecular Hbond substituents is 1. The highest BCUT2D eigenvalue weighted by Gasteiger charge is 2.67. The van der Waals surface area contributed by atoms with E-state index in [1.165, 1.54) is 12.1 Å². The van der Waals surface area contributed by atoms with E-state index in [0.717, 1.165) is 0 Å². The van der Waals surface area contributed by atoms with Crippen LogP contribution in [0.1, 0.15) is 17.5 Å². The lowest BCUT2D eigenvalue weighted by Crippen LogP contribution is -2.73. The molecular formula is C31H31N3O10. The number of aliphatic hydroxyl groups excluding tert-OH is 2. The number of benzene rings is 2. The molecule has 6 atom stereocenters. The minimum absolute atomic E-state index is 0.00856. The molecular weight excluding hydrogens is 574 g/mol. The predicted octanol–water partition coefficient (Wildman–Crippen LogP) is 0.580. The van der Waals surface area contributed by atoms with Crippen LogP contribution in [0.3, 0.4) is 0 Å². The quantitative estimate of drug-likeness (QED) is 0.205. The van der Waals surface area contributed by atoms with Gasteiger partial charge in [-0.3, -0.25) is 19.2 Å². The number of rotatable bonds is 5. The van der Waals surface area contributed by atoms with E-state index < -0.39 is 64.6 Å². The number of amides is 2. The molecule has 0 saturated heterocycles. The van der Waals surface area contributed by atoms with Gasteiger partial charge in [-0.2, -0.15) is 4.89 Å². The van der Waals surface area contributed by atoms with Crippen molar-refractivity contribution in [1.82, 2.24) is 4.90 Å². The van der Waals surface area contributed by atoms with Crippen LogP contribution in [-0.4, -0.2) is 87.2 Å². The van der Waals surface area contributed by atoms with Gasteiger partial charge in [0.05, 0.1) is 11.7 Å². The third kappa shape index (κ3) is 4.31. The molecule has 0 spiro atoms. The van der Waals surface area contributed by atoms with Crippen LogP contribution in [-0.2, 0) is 35.4 Å². The monoisotopic (exact) mass is 605 g/mol. The zero-order valence-corrected chi connectivity index (χ0v) is 23.8. The summed E-state index contributed by atoms with van der Waals surface area (Å²) >= 11 is 0. The highest BCUT2D eigenvalue weighted by atomic mass is 17.2. The van der Waals surface area contributed by atoms with Gasteiger partial charge in [0.15, 0.2) is 11.4 Å². The van der Waals surface area contributed by atoms with E-state index in [0.29, 0.717) is 22.4 Å².